The summed E-state index contributed by atoms with van der Waals surface area (Å²) >= 11 is 0. The third-order valence-electron chi connectivity index (χ3n) is 4.23. The van der Waals surface area contributed by atoms with Gasteiger partial charge in [0.25, 0.3) is 0 Å². The van der Waals surface area contributed by atoms with Crippen molar-refractivity contribution < 1.29 is 14.7 Å². The zero-order valence-corrected chi connectivity index (χ0v) is 13.3. The molecule has 0 saturated carbocycles. The Labute approximate surface area is 126 Å². The van der Waals surface area contributed by atoms with Gasteiger partial charge < -0.3 is 25.9 Å². The Kier molecular flexibility index (Phi) is 6.91. The molecule has 0 atom stereocenters. The number of nitrogens with zero attached hydrogens (tertiary/aromatic N) is 2. The molecule has 0 bridgehead atoms. The molecular formula is C14H28N4O3. The van der Waals surface area contributed by atoms with Gasteiger partial charge in [0, 0.05) is 25.8 Å². The van der Waals surface area contributed by atoms with Gasteiger partial charge in [-0.1, -0.05) is 5.16 Å². The first-order valence-electron chi connectivity index (χ1n) is 7.48. The van der Waals surface area contributed by atoms with Crippen LogP contribution in [0.25, 0.3) is 0 Å². The summed E-state index contributed by atoms with van der Waals surface area (Å²) in [7, 11) is 2.06. The van der Waals surface area contributed by atoms with Gasteiger partial charge in [-0.25, -0.2) is 0 Å². The minimum absolute atomic E-state index is 0.0254. The van der Waals surface area contributed by atoms with Gasteiger partial charge in [0.05, 0.1) is 0 Å². The summed E-state index contributed by atoms with van der Waals surface area (Å²) in [6.07, 6.45) is 1.75. The Morgan fingerprint density at radius 1 is 1.48 bits per heavy atom. The zero-order valence-electron chi connectivity index (χ0n) is 13.3. The molecule has 0 unspecified atom stereocenters. The standard InChI is InChI=1S/C14H28N4O3/c1-11(2)18(3)8-4-7-16-13(19)14(12(15)17-20)5-9-21-10-6-14/h11,20H,4-10H2,1-3H3,(H2,15,17)(H,16,19). The minimum Gasteiger partial charge on any atom is -0.409 e. The van der Waals surface area contributed by atoms with Gasteiger partial charge in [0.2, 0.25) is 5.91 Å². The highest BCUT2D eigenvalue weighted by Gasteiger charge is 2.44. The van der Waals surface area contributed by atoms with Gasteiger partial charge in [0.15, 0.2) is 5.84 Å². The molecule has 0 aliphatic carbocycles. The van der Waals surface area contributed by atoms with Crippen molar-refractivity contribution in [2.45, 2.75) is 39.2 Å². The largest absolute Gasteiger partial charge is 0.409 e. The number of hydrogen-bond acceptors (Lipinski definition) is 5. The summed E-state index contributed by atoms with van der Waals surface area (Å²) in [5, 5.41) is 14.9. The maximum atomic E-state index is 12.4. The van der Waals surface area contributed by atoms with Gasteiger partial charge in [-0.3, -0.25) is 4.79 Å². The first kappa shape index (κ1) is 17.7. The van der Waals surface area contributed by atoms with Gasteiger partial charge >= 0.3 is 0 Å². The highest BCUT2D eigenvalue weighted by molar-refractivity contribution is 6.06. The molecule has 1 aliphatic heterocycles. The van der Waals surface area contributed by atoms with E-state index < -0.39 is 5.41 Å². The van der Waals surface area contributed by atoms with Crippen molar-refractivity contribution in [2.24, 2.45) is 16.3 Å². The third-order valence-corrected chi connectivity index (χ3v) is 4.23. The molecule has 122 valence electrons. The van der Waals surface area contributed by atoms with Gasteiger partial charge in [-0.05, 0) is 46.7 Å². The third kappa shape index (κ3) is 4.57. The maximum Gasteiger partial charge on any atom is 0.234 e. The molecule has 4 N–H and O–H groups in total. The molecule has 7 nitrogen and oxygen atoms in total. The number of nitrogens with two attached hydrogens (primary N) is 1. The lowest BCUT2D eigenvalue weighted by atomic mass is 9.78. The van der Waals surface area contributed by atoms with Crippen LogP contribution in [0.4, 0.5) is 0 Å². The molecule has 1 rings (SSSR count). The Hall–Kier alpha value is -1.34. The van der Waals surface area contributed by atoms with Crippen LogP contribution >= 0.6 is 0 Å². The van der Waals surface area contributed by atoms with E-state index in [1.807, 2.05) is 0 Å². The first-order valence-corrected chi connectivity index (χ1v) is 7.48. The summed E-state index contributed by atoms with van der Waals surface area (Å²) in [4.78, 5) is 14.7. The number of amidine groups is 1. The van der Waals surface area contributed by atoms with Crippen molar-refractivity contribution in [3.8, 4) is 0 Å². The molecule has 1 amide bonds. The van der Waals surface area contributed by atoms with Crippen LogP contribution in [0.2, 0.25) is 0 Å². The Balaban J connectivity index is 2.51. The van der Waals surface area contributed by atoms with E-state index in [-0.39, 0.29) is 11.7 Å². The molecule has 0 aromatic heterocycles. The maximum absolute atomic E-state index is 12.4. The number of rotatable bonds is 7. The van der Waals surface area contributed by atoms with Crippen LogP contribution in [-0.2, 0) is 9.53 Å². The van der Waals surface area contributed by atoms with E-state index in [1.165, 1.54) is 0 Å². The van der Waals surface area contributed by atoms with Crippen molar-refractivity contribution >= 4 is 11.7 Å². The number of nitrogens with one attached hydrogen (secondary N) is 1. The van der Waals surface area contributed by atoms with Crippen LogP contribution in [0.15, 0.2) is 5.16 Å². The molecule has 0 aromatic carbocycles. The fourth-order valence-electron chi connectivity index (χ4n) is 2.37. The number of oxime groups is 1. The second kappa shape index (κ2) is 8.19. The highest BCUT2D eigenvalue weighted by atomic mass is 16.5. The number of carbonyl (C=O) groups is 1. The lowest BCUT2D eigenvalue weighted by Crippen LogP contribution is -2.53. The lowest BCUT2D eigenvalue weighted by molar-refractivity contribution is -0.131. The van der Waals surface area contributed by atoms with Gasteiger partial charge in [-0.15, -0.1) is 0 Å². The molecule has 0 aromatic rings. The SMILES string of the molecule is CC(C)N(C)CCCNC(=O)C1(C(N)=NO)CCOCC1. The average molecular weight is 300 g/mol. The summed E-state index contributed by atoms with van der Waals surface area (Å²) in [5.41, 5.74) is 4.82. The van der Waals surface area contributed by atoms with Crippen molar-refractivity contribution in [1.82, 2.24) is 10.2 Å². The molecule has 0 radical (unpaired) electrons. The van der Waals surface area contributed by atoms with Crippen molar-refractivity contribution in [3.05, 3.63) is 0 Å². The summed E-state index contributed by atoms with van der Waals surface area (Å²) in [5.74, 6) is -0.198. The first-order chi connectivity index (χ1) is 9.94. The van der Waals surface area contributed by atoms with Crippen LogP contribution in [0.1, 0.15) is 33.1 Å². The molecule has 1 fully saturated rings. The van der Waals surface area contributed by atoms with Gasteiger partial charge in [0.1, 0.15) is 5.41 Å². The fourth-order valence-corrected chi connectivity index (χ4v) is 2.37. The predicted octanol–water partition coefficient (Wildman–Crippen LogP) is 0.376. The van der Waals surface area contributed by atoms with Crippen molar-refractivity contribution in [2.75, 3.05) is 33.4 Å². The van der Waals surface area contributed by atoms with Gasteiger partial charge in [-0.2, -0.15) is 0 Å². The topological polar surface area (TPSA) is 100 Å². The second-order valence-corrected chi connectivity index (χ2v) is 5.86. The summed E-state index contributed by atoms with van der Waals surface area (Å²) in [6.45, 7) is 6.65. The average Bonchev–Trinajstić information content (AvgIpc) is 2.50. The minimum atomic E-state index is -0.934. The molecule has 0 spiro atoms. The molecule has 1 heterocycles. The second-order valence-electron chi connectivity index (χ2n) is 5.86. The number of hydrogen-bond donors (Lipinski definition) is 3. The van der Waals surface area contributed by atoms with Crippen LogP contribution < -0.4 is 11.1 Å². The summed E-state index contributed by atoms with van der Waals surface area (Å²) < 4.78 is 5.27. The predicted molar refractivity (Wildman–Crippen MR) is 81.3 cm³/mol. The van der Waals surface area contributed by atoms with Crippen molar-refractivity contribution in [1.29, 1.82) is 0 Å². The lowest BCUT2D eigenvalue weighted by Gasteiger charge is -2.34. The monoisotopic (exact) mass is 300 g/mol. The number of ether oxygens (including phenoxy) is 1. The Morgan fingerprint density at radius 3 is 2.62 bits per heavy atom. The molecule has 1 aliphatic rings. The Bertz CT molecular complexity index is 365. The van der Waals surface area contributed by atoms with E-state index in [2.05, 4.69) is 36.3 Å². The quantitative estimate of drug-likeness (QED) is 0.207. The van der Waals surface area contributed by atoms with Crippen LogP contribution in [-0.4, -0.2) is 61.2 Å². The highest BCUT2D eigenvalue weighted by Crippen LogP contribution is 2.31. The smallest absolute Gasteiger partial charge is 0.234 e. The Morgan fingerprint density at radius 2 is 2.10 bits per heavy atom. The van der Waals surface area contributed by atoms with E-state index in [0.29, 0.717) is 38.6 Å². The molecule has 21 heavy (non-hydrogen) atoms. The van der Waals surface area contributed by atoms with E-state index in [9.17, 15) is 4.79 Å². The van der Waals surface area contributed by atoms with Crippen LogP contribution in [0.3, 0.4) is 0 Å². The summed E-state index contributed by atoms with van der Waals surface area (Å²) in [6, 6.07) is 0.486. The van der Waals surface area contributed by atoms with Crippen LogP contribution in [0, 0.1) is 5.41 Å². The van der Waals surface area contributed by atoms with E-state index >= 15 is 0 Å². The molecule has 7 heteroatoms. The fraction of sp³-hybridized carbons (Fsp3) is 0.857. The number of amides is 1. The molecule has 1 saturated heterocycles. The van der Waals surface area contributed by atoms with E-state index in [1.54, 1.807) is 0 Å². The number of carbonyl (C=O) groups excluding carboxylic acids is 1. The zero-order chi connectivity index (χ0) is 15.9. The van der Waals surface area contributed by atoms with Crippen LogP contribution in [0.5, 0.6) is 0 Å². The normalized spacial score (nSPS) is 19.0. The molecular weight excluding hydrogens is 272 g/mol. The van der Waals surface area contributed by atoms with Crippen molar-refractivity contribution in [3.63, 3.8) is 0 Å². The van der Waals surface area contributed by atoms with E-state index in [0.717, 1.165) is 13.0 Å². The van der Waals surface area contributed by atoms with E-state index in [4.69, 9.17) is 15.7 Å².